The molecule has 0 heterocycles. The Morgan fingerprint density at radius 1 is 0.871 bits per heavy atom. The number of hydrogen-bond acceptors (Lipinski definition) is 2. The molecule has 4 nitrogen and oxygen atoms in total. The van der Waals surface area contributed by atoms with Gasteiger partial charge in [-0.25, -0.2) is 4.57 Å². The monoisotopic (exact) mass is 468 g/mol. The van der Waals surface area contributed by atoms with Crippen LogP contribution in [0.2, 0.25) is 0 Å². The fraction of sp³-hybridized carbons (Fsp3) is 0.182. The Morgan fingerprint density at radius 2 is 1.35 bits per heavy atom. The van der Waals surface area contributed by atoms with Crippen molar-refractivity contribution in [2.75, 3.05) is 10.2 Å². The molecule has 0 aliphatic heterocycles. The molecule has 1 atom stereocenters. The lowest BCUT2D eigenvalue weighted by Gasteiger charge is -2.23. The van der Waals surface area contributed by atoms with Crippen LogP contribution in [0.15, 0.2) is 72.8 Å². The first-order chi connectivity index (χ1) is 14.5. The number of halogens is 4. The second-order valence-corrected chi connectivity index (χ2v) is 9.24. The van der Waals surface area contributed by atoms with Crippen molar-refractivity contribution in [3.05, 3.63) is 89.5 Å². The largest absolute Gasteiger partial charge is 0.444 e. The third-order valence-electron chi connectivity index (χ3n) is 4.33. The van der Waals surface area contributed by atoms with Crippen molar-refractivity contribution in [3.8, 4) is 5.75 Å². The molecule has 2 N–H and O–H groups in total. The predicted octanol–water partition coefficient (Wildman–Crippen LogP) is 7.86. The number of alkyl halides is 4. The lowest BCUT2D eigenvalue weighted by atomic mass is 10.1. The molecular formula is C22H21ClF3N2O2P. The summed E-state index contributed by atoms with van der Waals surface area (Å²) in [7, 11) is -3.83. The second-order valence-electron chi connectivity index (χ2n) is 7.08. The standard InChI is InChI=1S/C22H21ClF3N2O2P/c1-15-6-10-18(11-7-15)27-31(29,28-19-12-8-16(2)9-13-19)30-20-5-3-4-17(14-20)21(23)22(24,25)26/h3-14,21H,1-2H3,(H2,27,28,29)/t21-/m0/s1. The van der Waals surface area contributed by atoms with E-state index in [0.717, 1.165) is 17.2 Å². The number of hydrogen-bond donors (Lipinski definition) is 2. The van der Waals surface area contributed by atoms with E-state index < -0.39 is 19.2 Å². The van der Waals surface area contributed by atoms with Gasteiger partial charge in [-0.05, 0) is 55.8 Å². The van der Waals surface area contributed by atoms with Crippen LogP contribution in [0.3, 0.4) is 0 Å². The molecule has 3 aromatic rings. The molecule has 0 amide bonds. The van der Waals surface area contributed by atoms with Crippen LogP contribution in [-0.2, 0) is 4.57 Å². The van der Waals surface area contributed by atoms with Crippen molar-refractivity contribution in [1.82, 2.24) is 0 Å². The summed E-state index contributed by atoms with van der Waals surface area (Å²) in [6.45, 7) is 3.83. The molecule has 0 aliphatic rings. The van der Waals surface area contributed by atoms with Gasteiger partial charge in [0.1, 0.15) is 5.75 Å². The first-order valence-corrected chi connectivity index (χ1v) is 11.4. The lowest BCUT2D eigenvalue weighted by Crippen LogP contribution is -2.16. The second kappa shape index (κ2) is 9.25. The van der Waals surface area contributed by atoms with Gasteiger partial charge in [0.25, 0.3) is 0 Å². The highest BCUT2D eigenvalue weighted by Crippen LogP contribution is 2.48. The summed E-state index contributed by atoms with van der Waals surface area (Å²) in [4.78, 5) is 0. The van der Waals surface area contributed by atoms with Gasteiger partial charge in [0, 0.05) is 11.4 Å². The molecule has 3 rings (SSSR count). The molecule has 31 heavy (non-hydrogen) atoms. The van der Waals surface area contributed by atoms with Crippen LogP contribution < -0.4 is 14.7 Å². The van der Waals surface area contributed by atoms with Gasteiger partial charge in [-0.2, -0.15) is 13.2 Å². The Kier molecular flexibility index (Phi) is 6.87. The Balaban J connectivity index is 1.91. The SMILES string of the molecule is Cc1ccc(NP(=O)(Nc2ccc(C)cc2)Oc2cccc([C@H](Cl)C(F)(F)F)c2)cc1. The summed E-state index contributed by atoms with van der Waals surface area (Å²) < 4.78 is 58.3. The van der Waals surface area contributed by atoms with Crippen LogP contribution in [0.1, 0.15) is 22.1 Å². The van der Waals surface area contributed by atoms with Crippen molar-refractivity contribution in [1.29, 1.82) is 0 Å². The highest BCUT2D eigenvalue weighted by Gasteiger charge is 2.39. The van der Waals surface area contributed by atoms with Gasteiger partial charge in [-0.3, -0.25) is 10.2 Å². The van der Waals surface area contributed by atoms with E-state index in [1.54, 1.807) is 24.3 Å². The first kappa shape index (κ1) is 23.0. The maximum absolute atomic E-state index is 13.7. The minimum absolute atomic E-state index is 0.0186. The summed E-state index contributed by atoms with van der Waals surface area (Å²) >= 11 is 5.53. The van der Waals surface area contributed by atoms with Crippen molar-refractivity contribution in [2.45, 2.75) is 25.4 Å². The summed E-state index contributed by atoms with van der Waals surface area (Å²) in [6.07, 6.45) is -4.62. The number of anilines is 2. The molecule has 9 heteroatoms. The van der Waals surface area contributed by atoms with Gasteiger partial charge in [-0.1, -0.05) is 47.5 Å². The maximum atomic E-state index is 13.7. The van der Waals surface area contributed by atoms with Crippen molar-refractivity contribution in [2.24, 2.45) is 0 Å². The Bertz CT molecular complexity index is 1020. The average Bonchev–Trinajstić information content (AvgIpc) is 2.70. The number of aryl methyl sites for hydroxylation is 2. The Labute approximate surface area is 184 Å². The zero-order chi connectivity index (χ0) is 22.6. The summed E-state index contributed by atoms with van der Waals surface area (Å²) in [5.41, 5.74) is 2.87. The fourth-order valence-electron chi connectivity index (χ4n) is 2.74. The smallest absolute Gasteiger partial charge is 0.414 e. The minimum Gasteiger partial charge on any atom is -0.414 e. The van der Waals surface area contributed by atoms with Gasteiger partial charge in [-0.15, -0.1) is 11.6 Å². The van der Waals surface area contributed by atoms with E-state index in [4.69, 9.17) is 16.1 Å². The molecule has 0 fully saturated rings. The summed E-state index contributed by atoms with van der Waals surface area (Å²) in [5, 5.41) is 3.48. The third-order valence-corrected chi connectivity index (χ3v) is 6.40. The van der Waals surface area contributed by atoms with E-state index in [0.29, 0.717) is 11.4 Å². The fourth-order valence-corrected chi connectivity index (χ4v) is 4.41. The molecule has 3 aromatic carbocycles. The summed E-state index contributed by atoms with van der Waals surface area (Å²) in [6, 6.07) is 19.4. The van der Waals surface area contributed by atoms with Crippen molar-refractivity contribution >= 4 is 30.6 Å². The zero-order valence-electron chi connectivity index (χ0n) is 16.8. The molecular weight excluding hydrogens is 448 g/mol. The molecule has 164 valence electrons. The number of benzene rings is 3. The van der Waals surface area contributed by atoms with Gasteiger partial charge in [0.05, 0.1) is 0 Å². The topological polar surface area (TPSA) is 50.4 Å². The Hall–Kier alpha value is -2.63. The molecule has 0 bridgehead atoms. The van der Waals surface area contributed by atoms with Crippen molar-refractivity contribution < 1.29 is 22.3 Å². The van der Waals surface area contributed by atoms with Crippen LogP contribution in [-0.4, -0.2) is 6.18 Å². The minimum atomic E-state index is -4.62. The number of rotatable bonds is 7. The molecule has 0 unspecified atom stereocenters. The van der Waals surface area contributed by atoms with E-state index in [1.807, 2.05) is 38.1 Å². The first-order valence-electron chi connectivity index (χ1n) is 9.34. The predicted molar refractivity (Wildman–Crippen MR) is 119 cm³/mol. The van der Waals surface area contributed by atoms with E-state index in [1.165, 1.54) is 18.2 Å². The van der Waals surface area contributed by atoms with Crippen LogP contribution in [0.4, 0.5) is 24.5 Å². The molecule has 0 saturated carbocycles. The quantitative estimate of drug-likeness (QED) is 0.274. The number of nitrogens with one attached hydrogen (secondary N) is 2. The van der Waals surface area contributed by atoms with Crippen LogP contribution >= 0.6 is 19.3 Å². The van der Waals surface area contributed by atoms with Gasteiger partial charge in [0.15, 0.2) is 5.38 Å². The molecule has 0 radical (unpaired) electrons. The maximum Gasteiger partial charge on any atom is 0.444 e. The average molecular weight is 469 g/mol. The molecule has 0 saturated heterocycles. The van der Waals surface area contributed by atoms with Crippen LogP contribution in [0, 0.1) is 13.8 Å². The zero-order valence-corrected chi connectivity index (χ0v) is 18.4. The molecule has 0 spiro atoms. The highest BCUT2D eigenvalue weighted by molar-refractivity contribution is 7.62. The van der Waals surface area contributed by atoms with E-state index in [9.17, 15) is 17.7 Å². The van der Waals surface area contributed by atoms with E-state index in [2.05, 4.69) is 10.2 Å². The van der Waals surface area contributed by atoms with E-state index in [-0.39, 0.29) is 11.3 Å². The normalized spacial score (nSPS) is 12.8. The lowest BCUT2D eigenvalue weighted by molar-refractivity contribution is -0.131. The third kappa shape index (κ3) is 6.42. The van der Waals surface area contributed by atoms with Gasteiger partial charge in [0.2, 0.25) is 0 Å². The van der Waals surface area contributed by atoms with Crippen LogP contribution in [0.5, 0.6) is 5.75 Å². The Morgan fingerprint density at radius 3 is 1.81 bits per heavy atom. The van der Waals surface area contributed by atoms with Crippen molar-refractivity contribution in [3.63, 3.8) is 0 Å². The molecule has 0 aliphatic carbocycles. The van der Waals surface area contributed by atoms with E-state index >= 15 is 0 Å². The highest BCUT2D eigenvalue weighted by atomic mass is 35.5. The van der Waals surface area contributed by atoms with Gasteiger partial charge < -0.3 is 4.52 Å². The molecule has 0 aromatic heterocycles. The van der Waals surface area contributed by atoms with Crippen LogP contribution in [0.25, 0.3) is 0 Å². The summed E-state index contributed by atoms with van der Waals surface area (Å²) in [5.74, 6) is -0.0186. The van der Waals surface area contributed by atoms with Gasteiger partial charge >= 0.3 is 13.8 Å².